The van der Waals surface area contributed by atoms with Gasteiger partial charge in [-0.05, 0) is 24.3 Å². The van der Waals surface area contributed by atoms with Crippen LogP contribution in [0.25, 0.3) is 0 Å². The van der Waals surface area contributed by atoms with Gasteiger partial charge in [0.05, 0.1) is 32.9 Å². The lowest BCUT2D eigenvalue weighted by Gasteiger charge is -2.12. The fraction of sp³-hybridized carbons (Fsp3) is 0.0952. The van der Waals surface area contributed by atoms with Crippen molar-refractivity contribution in [1.29, 1.82) is 5.26 Å². The molecule has 4 N–H and O–H groups in total. The number of nitriles is 1. The summed E-state index contributed by atoms with van der Waals surface area (Å²) in [4.78, 5) is 39.8. The number of aromatic carboxylic acids is 1. The van der Waals surface area contributed by atoms with Gasteiger partial charge < -0.3 is 20.6 Å². The van der Waals surface area contributed by atoms with Crippen LogP contribution in [0.1, 0.15) is 28.6 Å². The van der Waals surface area contributed by atoms with E-state index in [1.165, 1.54) is 30.5 Å². The number of nitro groups is 2. The predicted octanol–water partition coefficient (Wildman–Crippen LogP) is 4.60. The highest BCUT2D eigenvalue weighted by molar-refractivity contribution is 5.90. The average Bonchev–Trinajstić information content (AvgIpc) is 3.34. The summed E-state index contributed by atoms with van der Waals surface area (Å²) in [6.45, 7) is 1.04. The Labute approximate surface area is 204 Å². The lowest BCUT2D eigenvalue weighted by atomic mass is 10.1. The second-order valence-corrected chi connectivity index (χ2v) is 6.59. The first kappa shape index (κ1) is 29.6. The molecular weight excluding hydrogens is 507 g/mol. The number of rotatable bonds is 4. The second kappa shape index (κ2) is 12.9. The minimum Gasteiger partial charge on any atom is -0.475 e. The van der Waals surface area contributed by atoms with Crippen LogP contribution in [0.4, 0.5) is 35.9 Å². The van der Waals surface area contributed by atoms with Crippen molar-refractivity contribution in [3.05, 3.63) is 91.9 Å². The Hall–Kier alpha value is -5.46. The third-order valence-electron chi connectivity index (χ3n) is 3.93. The summed E-state index contributed by atoms with van der Waals surface area (Å²) < 4.78 is 42.2. The standard InChI is InChI=1S/C9H7F3N2O3.C7H5N3O2.C5H4O3/c1-5(15)13-8-3-2-6(14(16)17)4-7(8)9(10,11)12;8-4-5-3-6(10(11)12)1-2-7(5)9;6-5(7)4-2-1-3-8-4/h2-4H,1H3,(H,13,15);1-3H,9H2;1-3H,(H,6,7). The first-order valence-corrected chi connectivity index (χ1v) is 9.51. The molecule has 1 amide bonds. The Bertz CT molecular complexity index is 1330. The number of nitrogens with zero attached hydrogens (tertiary/aromatic N) is 3. The first-order chi connectivity index (χ1) is 17.2. The van der Waals surface area contributed by atoms with Gasteiger partial charge >= 0.3 is 12.1 Å². The molecule has 0 unspecified atom stereocenters. The number of alkyl halides is 3. The highest BCUT2D eigenvalue weighted by Gasteiger charge is 2.35. The molecule has 2 aromatic carbocycles. The number of carbonyl (C=O) groups excluding carboxylic acids is 1. The predicted molar refractivity (Wildman–Crippen MR) is 120 cm³/mol. The molecule has 0 fully saturated rings. The van der Waals surface area contributed by atoms with Gasteiger partial charge in [0.25, 0.3) is 11.4 Å². The number of carbonyl (C=O) groups is 2. The molecule has 0 aliphatic heterocycles. The van der Waals surface area contributed by atoms with E-state index in [-0.39, 0.29) is 22.7 Å². The summed E-state index contributed by atoms with van der Waals surface area (Å²) in [5.41, 5.74) is 3.17. The number of hydrogen-bond acceptors (Lipinski definition) is 9. The van der Waals surface area contributed by atoms with Gasteiger partial charge in [-0.25, -0.2) is 4.79 Å². The number of halogens is 3. The molecule has 3 aromatic rings. The van der Waals surface area contributed by atoms with Crippen LogP contribution in [0.5, 0.6) is 0 Å². The fourth-order valence-electron chi connectivity index (χ4n) is 2.33. The maximum Gasteiger partial charge on any atom is 0.418 e. The number of hydrogen-bond donors (Lipinski definition) is 3. The van der Waals surface area contributed by atoms with Crippen molar-refractivity contribution in [2.75, 3.05) is 11.1 Å². The number of non-ortho nitro benzene ring substituents is 2. The van der Waals surface area contributed by atoms with Gasteiger partial charge in [0.2, 0.25) is 11.7 Å². The Morgan fingerprint density at radius 1 is 1.08 bits per heavy atom. The van der Waals surface area contributed by atoms with Crippen LogP contribution in [-0.2, 0) is 11.0 Å². The molecule has 16 heteroatoms. The highest BCUT2D eigenvalue weighted by Crippen LogP contribution is 2.37. The van der Waals surface area contributed by atoms with Gasteiger partial charge in [0, 0.05) is 36.9 Å². The van der Waals surface area contributed by atoms with Crippen LogP contribution in [-0.4, -0.2) is 26.8 Å². The van der Waals surface area contributed by atoms with Gasteiger partial charge in [0.15, 0.2) is 0 Å². The van der Waals surface area contributed by atoms with E-state index in [1.807, 2.05) is 5.32 Å². The lowest BCUT2D eigenvalue weighted by Crippen LogP contribution is -2.14. The third-order valence-corrected chi connectivity index (χ3v) is 3.93. The molecule has 0 saturated heterocycles. The molecular formula is C21H16F3N5O8. The van der Waals surface area contributed by atoms with Crippen molar-refractivity contribution in [2.24, 2.45) is 0 Å². The number of carboxylic acid groups (broad SMARTS) is 1. The highest BCUT2D eigenvalue weighted by atomic mass is 19.4. The number of furan rings is 1. The molecule has 0 spiro atoms. The molecule has 0 atom stereocenters. The minimum absolute atomic E-state index is 0.0231. The maximum atomic E-state index is 12.6. The third kappa shape index (κ3) is 9.36. The summed E-state index contributed by atoms with van der Waals surface area (Å²) in [6.07, 6.45) is -3.45. The average molecular weight is 523 g/mol. The smallest absolute Gasteiger partial charge is 0.418 e. The van der Waals surface area contributed by atoms with E-state index in [4.69, 9.17) is 16.1 Å². The number of nitrogens with one attached hydrogen (secondary N) is 1. The summed E-state index contributed by atoms with van der Waals surface area (Å²) in [5.74, 6) is -1.75. The molecule has 0 aliphatic rings. The number of amides is 1. The topological polar surface area (TPSA) is 216 Å². The van der Waals surface area contributed by atoms with Crippen LogP contribution >= 0.6 is 0 Å². The Morgan fingerprint density at radius 2 is 1.65 bits per heavy atom. The summed E-state index contributed by atoms with van der Waals surface area (Å²) in [6, 6.07) is 10.6. The van der Waals surface area contributed by atoms with E-state index in [0.717, 1.165) is 25.1 Å². The number of nitrogen functional groups attached to an aromatic ring is 1. The van der Waals surface area contributed by atoms with Crippen molar-refractivity contribution in [3.8, 4) is 6.07 Å². The molecule has 0 radical (unpaired) electrons. The van der Waals surface area contributed by atoms with Crippen LogP contribution in [0, 0.1) is 31.6 Å². The minimum atomic E-state index is -4.77. The number of nitro benzene ring substituents is 2. The zero-order valence-corrected chi connectivity index (χ0v) is 18.6. The summed E-state index contributed by atoms with van der Waals surface area (Å²) >= 11 is 0. The van der Waals surface area contributed by atoms with Crippen LogP contribution in [0.15, 0.2) is 59.2 Å². The summed E-state index contributed by atoms with van der Waals surface area (Å²) in [5, 5.41) is 39.2. The molecule has 0 aliphatic carbocycles. The van der Waals surface area contributed by atoms with Crippen LogP contribution in [0.3, 0.4) is 0 Å². The van der Waals surface area contributed by atoms with Crippen molar-refractivity contribution >= 4 is 34.6 Å². The van der Waals surface area contributed by atoms with Crippen molar-refractivity contribution in [1.82, 2.24) is 0 Å². The van der Waals surface area contributed by atoms with Crippen molar-refractivity contribution < 1.29 is 42.1 Å². The fourth-order valence-corrected chi connectivity index (χ4v) is 2.33. The Morgan fingerprint density at radius 3 is 2.05 bits per heavy atom. The lowest BCUT2D eigenvalue weighted by molar-refractivity contribution is -0.385. The van der Waals surface area contributed by atoms with Crippen LogP contribution < -0.4 is 11.1 Å². The quantitative estimate of drug-likeness (QED) is 0.245. The largest absolute Gasteiger partial charge is 0.475 e. The Kier molecular flexibility index (Phi) is 10.3. The first-order valence-electron chi connectivity index (χ1n) is 9.51. The van der Waals surface area contributed by atoms with Crippen molar-refractivity contribution in [2.45, 2.75) is 13.1 Å². The monoisotopic (exact) mass is 523 g/mol. The Balaban J connectivity index is 0.000000297. The number of anilines is 2. The van der Waals surface area contributed by atoms with Gasteiger partial charge in [-0.2, -0.15) is 18.4 Å². The zero-order valence-electron chi connectivity index (χ0n) is 18.6. The number of nitrogens with two attached hydrogens (primary N) is 1. The number of carboxylic acids is 1. The molecule has 3 rings (SSSR count). The van der Waals surface area contributed by atoms with E-state index >= 15 is 0 Å². The summed E-state index contributed by atoms with van der Waals surface area (Å²) in [7, 11) is 0. The van der Waals surface area contributed by atoms with Crippen molar-refractivity contribution in [3.63, 3.8) is 0 Å². The van der Waals surface area contributed by atoms with Gasteiger partial charge in [-0.1, -0.05) is 0 Å². The van der Waals surface area contributed by atoms with E-state index in [2.05, 4.69) is 4.42 Å². The van der Waals surface area contributed by atoms with E-state index in [0.29, 0.717) is 6.07 Å². The SMILES string of the molecule is CC(=O)Nc1ccc([N+](=O)[O-])cc1C(F)(F)F.N#Cc1cc([N+](=O)[O-])ccc1N.O=C(O)c1ccco1. The normalized spacial score (nSPS) is 9.92. The maximum absolute atomic E-state index is 12.6. The molecule has 0 saturated carbocycles. The van der Waals surface area contributed by atoms with E-state index in [9.17, 15) is 43.0 Å². The zero-order chi connectivity index (χ0) is 28.3. The molecule has 1 aromatic heterocycles. The van der Waals surface area contributed by atoms with E-state index < -0.39 is 44.8 Å². The van der Waals surface area contributed by atoms with Gasteiger partial charge in [-0.15, -0.1) is 0 Å². The molecule has 37 heavy (non-hydrogen) atoms. The number of benzene rings is 2. The van der Waals surface area contributed by atoms with Crippen LogP contribution in [0.2, 0.25) is 0 Å². The van der Waals surface area contributed by atoms with Gasteiger partial charge in [0.1, 0.15) is 6.07 Å². The van der Waals surface area contributed by atoms with Gasteiger partial charge in [-0.3, -0.25) is 25.0 Å². The molecule has 194 valence electrons. The van der Waals surface area contributed by atoms with E-state index in [1.54, 1.807) is 6.07 Å². The second-order valence-electron chi connectivity index (χ2n) is 6.59. The molecule has 13 nitrogen and oxygen atoms in total. The molecule has 1 heterocycles. The molecule has 0 bridgehead atoms.